The number of imidazole rings is 1. The van der Waals surface area contributed by atoms with E-state index in [2.05, 4.69) is 15.2 Å². The van der Waals surface area contributed by atoms with Crippen molar-refractivity contribution in [3.05, 3.63) is 30.1 Å². The van der Waals surface area contributed by atoms with E-state index in [-0.39, 0.29) is 11.1 Å². The maximum absolute atomic E-state index is 13.4. The molecule has 1 heterocycles. The van der Waals surface area contributed by atoms with Gasteiger partial charge in [-0.2, -0.15) is 13.2 Å². The molecule has 0 spiro atoms. The summed E-state index contributed by atoms with van der Waals surface area (Å²) in [6, 6.07) is 6.35. The highest BCUT2D eigenvalue weighted by molar-refractivity contribution is 5.81. The minimum Gasteiger partial charge on any atom is -0.353 e. The molecule has 0 radical (unpaired) electrons. The van der Waals surface area contributed by atoms with Gasteiger partial charge in [0.15, 0.2) is 0 Å². The molecule has 1 amide bonds. The molecule has 8 heteroatoms. The molecule has 1 saturated carbocycles. The van der Waals surface area contributed by atoms with Crippen molar-refractivity contribution < 1.29 is 18.0 Å². The molecule has 3 rings (SSSR count). The molecule has 0 aliphatic heterocycles. The van der Waals surface area contributed by atoms with Gasteiger partial charge in [0.2, 0.25) is 11.7 Å². The largest absolute Gasteiger partial charge is 0.449 e. The highest BCUT2D eigenvalue weighted by Crippen LogP contribution is 2.32. The van der Waals surface area contributed by atoms with E-state index in [9.17, 15) is 18.0 Å². The molecule has 0 bridgehead atoms. The van der Waals surface area contributed by atoms with Crippen molar-refractivity contribution in [3.8, 4) is 0 Å². The second-order valence-electron chi connectivity index (χ2n) is 7.82. The second kappa shape index (κ2) is 8.11. The maximum Gasteiger partial charge on any atom is 0.449 e. The van der Waals surface area contributed by atoms with Crippen LogP contribution in [0.15, 0.2) is 24.3 Å². The standard InChI is InChI=1S/C20H27F3N4O/c1-26(2)19(11-7-3-4-8-12-19)14-24-17(28)13-27-16-10-6-5-9-15(16)25-18(27)20(21,22)23/h5-6,9-10H,3-4,7-8,11-14H2,1-2H3,(H,24,28). The van der Waals surface area contributed by atoms with Gasteiger partial charge in [0.1, 0.15) is 6.54 Å². The number of nitrogens with zero attached hydrogens (tertiary/aromatic N) is 3. The normalized spacial score (nSPS) is 17.6. The third-order valence-electron chi connectivity index (χ3n) is 5.81. The van der Waals surface area contributed by atoms with Crippen molar-refractivity contribution in [1.82, 2.24) is 19.8 Å². The van der Waals surface area contributed by atoms with Crippen LogP contribution in [0.4, 0.5) is 13.2 Å². The summed E-state index contributed by atoms with van der Waals surface area (Å²) in [6.45, 7) is 0.0334. The molecule has 28 heavy (non-hydrogen) atoms. The Bertz CT molecular complexity index is 820. The molecule has 1 aliphatic carbocycles. The van der Waals surface area contributed by atoms with Crippen LogP contribution in [0.3, 0.4) is 0 Å². The van der Waals surface area contributed by atoms with E-state index in [0.717, 1.165) is 30.3 Å². The molecule has 0 atom stereocenters. The minimum absolute atomic E-state index is 0.143. The first-order valence-electron chi connectivity index (χ1n) is 9.69. The first kappa shape index (κ1) is 20.6. The molecule has 1 fully saturated rings. The number of benzene rings is 1. The summed E-state index contributed by atoms with van der Waals surface area (Å²) < 4.78 is 41.2. The summed E-state index contributed by atoms with van der Waals surface area (Å²) in [7, 11) is 4.01. The molecule has 2 aromatic rings. The van der Waals surface area contributed by atoms with Crippen LogP contribution in [0.2, 0.25) is 0 Å². The second-order valence-corrected chi connectivity index (χ2v) is 7.82. The number of nitrogens with one attached hydrogen (secondary N) is 1. The first-order valence-corrected chi connectivity index (χ1v) is 9.69. The van der Waals surface area contributed by atoms with Crippen molar-refractivity contribution >= 4 is 16.9 Å². The van der Waals surface area contributed by atoms with Gasteiger partial charge in [-0.05, 0) is 39.1 Å². The van der Waals surface area contributed by atoms with Gasteiger partial charge in [0.25, 0.3) is 0 Å². The number of likely N-dealkylation sites (N-methyl/N-ethyl adjacent to an activating group) is 1. The Hall–Kier alpha value is -2.09. The summed E-state index contributed by atoms with van der Waals surface area (Å²) in [4.78, 5) is 18.4. The van der Waals surface area contributed by atoms with Crippen LogP contribution in [0.5, 0.6) is 0 Å². The monoisotopic (exact) mass is 396 g/mol. The number of amides is 1. The summed E-state index contributed by atoms with van der Waals surface area (Å²) in [5.74, 6) is -1.47. The van der Waals surface area contributed by atoms with Crippen molar-refractivity contribution in [1.29, 1.82) is 0 Å². The smallest absolute Gasteiger partial charge is 0.353 e. The zero-order valence-electron chi connectivity index (χ0n) is 16.4. The third-order valence-corrected chi connectivity index (χ3v) is 5.81. The number of aromatic nitrogens is 2. The molecule has 1 aliphatic rings. The Morgan fingerprint density at radius 2 is 1.82 bits per heavy atom. The van der Waals surface area contributed by atoms with Gasteiger partial charge in [-0.25, -0.2) is 4.98 Å². The summed E-state index contributed by atoms with van der Waals surface area (Å²) in [5, 5.41) is 2.89. The number of carbonyl (C=O) groups is 1. The molecular formula is C20H27F3N4O. The van der Waals surface area contributed by atoms with Crippen molar-refractivity contribution in [2.24, 2.45) is 0 Å². The lowest BCUT2D eigenvalue weighted by atomic mass is 9.88. The molecule has 154 valence electrons. The van der Waals surface area contributed by atoms with E-state index in [1.165, 1.54) is 18.9 Å². The average molecular weight is 396 g/mol. The Labute approximate surface area is 162 Å². The van der Waals surface area contributed by atoms with E-state index in [0.29, 0.717) is 12.1 Å². The Kier molecular flexibility index (Phi) is 5.98. The number of para-hydroxylation sites is 2. The van der Waals surface area contributed by atoms with Gasteiger partial charge in [-0.3, -0.25) is 4.79 Å². The van der Waals surface area contributed by atoms with E-state index >= 15 is 0 Å². The van der Waals surface area contributed by atoms with Gasteiger partial charge in [-0.15, -0.1) is 0 Å². The van der Waals surface area contributed by atoms with Crippen molar-refractivity contribution in [3.63, 3.8) is 0 Å². The maximum atomic E-state index is 13.4. The number of fused-ring (bicyclic) bond motifs is 1. The fourth-order valence-corrected chi connectivity index (χ4v) is 4.08. The summed E-state index contributed by atoms with van der Waals surface area (Å²) in [6.07, 6.45) is 1.88. The fraction of sp³-hybridized carbons (Fsp3) is 0.600. The Balaban J connectivity index is 1.78. The fourth-order valence-electron chi connectivity index (χ4n) is 4.08. The zero-order valence-corrected chi connectivity index (χ0v) is 16.4. The molecule has 1 aromatic carbocycles. The predicted octanol–water partition coefficient (Wildman–Crippen LogP) is 3.83. The van der Waals surface area contributed by atoms with Crippen LogP contribution < -0.4 is 5.32 Å². The summed E-state index contributed by atoms with van der Waals surface area (Å²) in [5.41, 5.74) is 0.397. The predicted molar refractivity (Wildman–Crippen MR) is 102 cm³/mol. The Morgan fingerprint density at radius 1 is 1.18 bits per heavy atom. The van der Waals surface area contributed by atoms with Crippen LogP contribution >= 0.6 is 0 Å². The molecule has 5 nitrogen and oxygen atoms in total. The van der Waals surface area contributed by atoms with Crippen LogP contribution in [0.25, 0.3) is 11.0 Å². The first-order chi connectivity index (χ1) is 13.2. The van der Waals surface area contributed by atoms with E-state index in [1.807, 2.05) is 14.1 Å². The number of halogens is 3. The van der Waals surface area contributed by atoms with Gasteiger partial charge < -0.3 is 14.8 Å². The molecule has 1 N–H and O–H groups in total. The zero-order chi connectivity index (χ0) is 20.4. The van der Waals surface area contributed by atoms with Crippen LogP contribution in [0, 0.1) is 0 Å². The van der Waals surface area contributed by atoms with Crippen molar-refractivity contribution in [2.45, 2.75) is 56.8 Å². The van der Waals surface area contributed by atoms with Gasteiger partial charge in [0.05, 0.1) is 11.0 Å². The Morgan fingerprint density at radius 3 is 2.43 bits per heavy atom. The van der Waals surface area contributed by atoms with Crippen molar-refractivity contribution in [2.75, 3.05) is 20.6 Å². The highest BCUT2D eigenvalue weighted by Gasteiger charge is 2.38. The summed E-state index contributed by atoms with van der Waals surface area (Å²) >= 11 is 0. The lowest BCUT2D eigenvalue weighted by molar-refractivity contribution is -0.147. The molecule has 0 unspecified atom stereocenters. The lowest BCUT2D eigenvalue weighted by Gasteiger charge is -2.39. The van der Waals surface area contributed by atoms with E-state index in [4.69, 9.17) is 0 Å². The van der Waals surface area contributed by atoms with Gasteiger partial charge in [-0.1, -0.05) is 37.8 Å². The molecule has 1 aromatic heterocycles. The number of hydrogen-bond donors (Lipinski definition) is 1. The van der Waals surface area contributed by atoms with Crippen LogP contribution in [0.1, 0.15) is 44.3 Å². The SMILES string of the molecule is CN(C)C1(CNC(=O)Cn2c(C(F)(F)F)nc3ccccc32)CCCCCC1. The molecule has 0 saturated heterocycles. The number of rotatable bonds is 5. The lowest BCUT2D eigenvalue weighted by Crippen LogP contribution is -2.52. The van der Waals surface area contributed by atoms with E-state index in [1.54, 1.807) is 18.2 Å². The average Bonchev–Trinajstić information content (AvgIpc) is 2.84. The quantitative estimate of drug-likeness (QED) is 0.782. The van der Waals surface area contributed by atoms with Gasteiger partial charge >= 0.3 is 6.18 Å². The van der Waals surface area contributed by atoms with E-state index < -0.39 is 24.5 Å². The number of carbonyl (C=O) groups excluding carboxylic acids is 1. The number of alkyl halides is 3. The molecular weight excluding hydrogens is 369 g/mol. The highest BCUT2D eigenvalue weighted by atomic mass is 19.4. The topological polar surface area (TPSA) is 50.2 Å². The van der Waals surface area contributed by atoms with Crippen LogP contribution in [-0.4, -0.2) is 46.5 Å². The number of hydrogen-bond acceptors (Lipinski definition) is 3. The minimum atomic E-state index is -4.62. The van der Waals surface area contributed by atoms with Crippen LogP contribution in [-0.2, 0) is 17.5 Å². The third kappa shape index (κ3) is 4.32. The van der Waals surface area contributed by atoms with Gasteiger partial charge in [0, 0.05) is 12.1 Å².